The summed E-state index contributed by atoms with van der Waals surface area (Å²) in [5.41, 5.74) is 0. The summed E-state index contributed by atoms with van der Waals surface area (Å²) in [6, 6.07) is 0. The molecule has 0 saturated carbocycles. The molecular formula is C9H17NO. The first-order valence-electron chi connectivity index (χ1n) is 4.10. The second-order valence-corrected chi connectivity index (χ2v) is 2.22. The van der Waals surface area contributed by atoms with E-state index in [1.54, 1.807) is 0 Å². The van der Waals surface area contributed by atoms with E-state index in [4.69, 9.17) is 4.74 Å². The quantitative estimate of drug-likeness (QED) is 0.457. The fourth-order valence-electron chi connectivity index (χ4n) is 0.630. The van der Waals surface area contributed by atoms with E-state index in [9.17, 15) is 0 Å². The van der Waals surface area contributed by atoms with Crippen molar-refractivity contribution in [3.05, 3.63) is 0 Å². The number of hydrogen-bond donors (Lipinski definition) is 1. The molecule has 2 heteroatoms. The lowest BCUT2D eigenvalue weighted by Crippen LogP contribution is -2.19. The van der Waals surface area contributed by atoms with Crippen molar-refractivity contribution in [3.63, 3.8) is 0 Å². The van der Waals surface area contributed by atoms with E-state index >= 15 is 0 Å². The van der Waals surface area contributed by atoms with Gasteiger partial charge in [-0.25, -0.2) is 0 Å². The van der Waals surface area contributed by atoms with Gasteiger partial charge in [0.05, 0.1) is 13.2 Å². The summed E-state index contributed by atoms with van der Waals surface area (Å²) in [6.45, 7) is 7.27. The van der Waals surface area contributed by atoms with Crippen molar-refractivity contribution < 1.29 is 4.74 Å². The highest BCUT2D eigenvalue weighted by molar-refractivity contribution is 4.96. The summed E-state index contributed by atoms with van der Waals surface area (Å²) in [4.78, 5) is 0. The Hall–Kier alpha value is -0.520. The number of hydrogen-bond acceptors (Lipinski definition) is 2. The van der Waals surface area contributed by atoms with Crippen LogP contribution in [0.5, 0.6) is 0 Å². The largest absolute Gasteiger partial charge is 0.380 e. The highest BCUT2D eigenvalue weighted by Gasteiger charge is 1.84. The van der Waals surface area contributed by atoms with Crippen LogP contribution in [0.25, 0.3) is 0 Å². The average molecular weight is 155 g/mol. The summed E-state index contributed by atoms with van der Waals surface area (Å²) in [5, 5.41) is 3.15. The van der Waals surface area contributed by atoms with Crippen molar-refractivity contribution in [3.8, 4) is 11.8 Å². The van der Waals surface area contributed by atoms with E-state index in [-0.39, 0.29) is 0 Å². The Morgan fingerprint density at radius 3 is 2.82 bits per heavy atom. The molecule has 0 radical (unpaired) electrons. The third-order valence-electron chi connectivity index (χ3n) is 1.16. The predicted molar refractivity (Wildman–Crippen MR) is 47.4 cm³/mol. The van der Waals surface area contributed by atoms with Gasteiger partial charge in [0.15, 0.2) is 0 Å². The third kappa shape index (κ3) is 9.48. The van der Waals surface area contributed by atoms with Crippen LogP contribution >= 0.6 is 0 Å². The summed E-state index contributed by atoms with van der Waals surface area (Å²) in [7, 11) is 0. The topological polar surface area (TPSA) is 21.3 Å². The van der Waals surface area contributed by atoms with Crippen LogP contribution < -0.4 is 5.32 Å². The molecule has 2 nitrogen and oxygen atoms in total. The van der Waals surface area contributed by atoms with Crippen LogP contribution in [-0.4, -0.2) is 26.3 Å². The average Bonchev–Trinajstić information content (AvgIpc) is 2.03. The molecule has 0 bridgehead atoms. The molecule has 0 saturated heterocycles. The Balaban J connectivity index is 2.83. The van der Waals surface area contributed by atoms with Crippen LogP contribution in [0.4, 0.5) is 0 Å². The molecular weight excluding hydrogens is 138 g/mol. The van der Waals surface area contributed by atoms with E-state index < -0.39 is 0 Å². The van der Waals surface area contributed by atoms with Crippen molar-refractivity contribution in [2.24, 2.45) is 0 Å². The Bertz CT molecular complexity index is 123. The number of nitrogens with one attached hydrogen (secondary N) is 1. The van der Waals surface area contributed by atoms with E-state index in [1.807, 2.05) is 6.92 Å². The van der Waals surface area contributed by atoms with Crippen LogP contribution in [0.3, 0.4) is 0 Å². The standard InChI is InChI=1S/C9H17NO/c1-3-5-6-10-7-9-11-8-4-2/h10H,4,6-9H2,1-2H3. The Labute approximate surface area is 69.3 Å². The van der Waals surface area contributed by atoms with E-state index in [0.29, 0.717) is 0 Å². The van der Waals surface area contributed by atoms with Crippen LogP contribution in [-0.2, 0) is 4.74 Å². The SMILES string of the molecule is CC#CCNCCOCCC. The molecule has 1 N–H and O–H groups in total. The maximum absolute atomic E-state index is 5.25. The highest BCUT2D eigenvalue weighted by Crippen LogP contribution is 1.77. The van der Waals surface area contributed by atoms with Crippen molar-refractivity contribution in [1.82, 2.24) is 5.32 Å². The molecule has 0 fully saturated rings. The summed E-state index contributed by atoms with van der Waals surface area (Å²) < 4.78 is 5.25. The van der Waals surface area contributed by atoms with E-state index in [1.165, 1.54) is 0 Å². The predicted octanol–water partition coefficient (Wildman–Crippen LogP) is 1.03. The van der Waals surface area contributed by atoms with Crippen LogP contribution in [0.2, 0.25) is 0 Å². The Kier molecular flexibility index (Phi) is 9.03. The molecule has 0 aromatic heterocycles. The first-order chi connectivity index (χ1) is 5.41. The molecule has 0 aliphatic carbocycles. The lowest BCUT2D eigenvalue weighted by Gasteiger charge is -2.01. The molecule has 0 heterocycles. The lowest BCUT2D eigenvalue weighted by atomic mass is 10.5. The fourth-order valence-corrected chi connectivity index (χ4v) is 0.630. The zero-order chi connectivity index (χ0) is 8.36. The van der Waals surface area contributed by atoms with Gasteiger partial charge in [-0.05, 0) is 13.3 Å². The van der Waals surface area contributed by atoms with Gasteiger partial charge in [0.1, 0.15) is 0 Å². The van der Waals surface area contributed by atoms with Crippen molar-refractivity contribution in [2.45, 2.75) is 20.3 Å². The third-order valence-corrected chi connectivity index (χ3v) is 1.16. The maximum atomic E-state index is 5.25. The minimum Gasteiger partial charge on any atom is -0.380 e. The smallest absolute Gasteiger partial charge is 0.0591 e. The first kappa shape index (κ1) is 10.5. The van der Waals surface area contributed by atoms with Gasteiger partial charge in [-0.1, -0.05) is 12.8 Å². The van der Waals surface area contributed by atoms with Crippen LogP contribution in [0.1, 0.15) is 20.3 Å². The van der Waals surface area contributed by atoms with Gasteiger partial charge in [-0.15, -0.1) is 5.92 Å². The minimum atomic E-state index is 0.770. The van der Waals surface area contributed by atoms with E-state index in [0.717, 1.165) is 32.7 Å². The molecule has 0 unspecified atom stereocenters. The normalized spacial score (nSPS) is 8.91. The van der Waals surface area contributed by atoms with Gasteiger partial charge < -0.3 is 10.1 Å². The zero-order valence-electron chi connectivity index (χ0n) is 7.44. The molecule has 0 amide bonds. The van der Waals surface area contributed by atoms with Gasteiger partial charge in [0, 0.05) is 13.2 Å². The molecule has 0 aromatic rings. The Morgan fingerprint density at radius 2 is 2.18 bits per heavy atom. The molecule has 0 atom stereocenters. The summed E-state index contributed by atoms with van der Waals surface area (Å²) >= 11 is 0. The first-order valence-corrected chi connectivity index (χ1v) is 4.10. The van der Waals surface area contributed by atoms with Gasteiger partial charge in [0.2, 0.25) is 0 Å². The van der Waals surface area contributed by atoms with Crippen LogP contribution in [0.15, 0.2) is 0 Å². The molecule has 0 aliphatic rings. The number of ether oxygens (including phenoxy) is 1. The lowest BCUT2D eigenvalue weighted by molar-refractivity contribution is 0.137. The zero-order valence-corrected chi connectivity index (χ0v) is 7.44. The maximum Gasteiger partial charge on any atom is 0.0591 e. The highest BCUT2D eigenvalue weighted by atomic mass is 16.5. The van der Waals surface area contributed by atoms with E-state index in [2.05, 4.69) is 24.1 Å². The van der Waals surface area contributed by atoms with Crippen molar-refractivity contribution >= 4 is 0 Å². The van der Waals surface area contributed by atoms with Gasteiger partial charge >= 0.3 is 0 Å². The molecule has 0 rings (SSSR count). The monoisotopic (exact) mass is 155 g/mol. The molecule has 0 aromatic carbocycles. The van der Waals surface area contributed by atoms with Crippen LogP contribution in [0, 0.1) is 11.8 Å². The molecule has 11 heavy (non-hydrogen) atoms. The molecule has 64 valence electrons. The van der Waals surface area contributed by atoms with Crippen molar-refractivity contribution in [2.75, 3.05) is 26.3 Å². The summed E-state index contributed by atoms with van der Waals surface area (Å²) in [5.74, 6) is 5.74. The van der Waals surface area contributed by atoms with Crippen molar-refractivity contribution in [1.29, 1.82) is 0 Å². The summed E-state index contributed by atoms with van der Waals surface area (Å²) in [6.07, 6.45) is 1.09. The van der Waals surface area contributed by atoms with Gasteiger partial charge in [-0.2, -0.15) is 0 Å². The molecule has 0 aliphatic heterocycles. The van der Waals surface area contributed by atoms with Gasteiger partial charge in [-0.3, -0.25) is 0 Å². The number of rotatable bonds is 6. The minimum absolute atomic E-state index is 0.770. The second-order valence-electron chi connectivity index (χ2n) is 2.22. The second kappa shape index (κ2) is 9.48. The van der Waals surface area contributed by atoms with Gasteiger partial charge in [0.25, 0.3) is 0 Å². The Morgan fingerprint density at radius 1 is 1.36 bits per heavy atom. The fraction of sp³-hybridized carbons (Fsp3) is 0.778. The molecule has 0 spiro atoms.